The highest BCUT2D eigenvalue weighted by Crippen LogP contribution is 2.28. The Morgan fingerprint density at radius 3 is 3.16 bits per heavy atom. The van der Waals surface area contributed by atoms with Gasteiger partial charge < -0.3 is 14.8 Å². The number of amides is 1. The van der Waals surface area contributed by atoms with Crippen LogP contribution >= 0.6 is 0 Å². The molecule has 1 atom stereocenters. The molecule has 1 fully saturated rings. The van der Waals surface area contributed by atoms with Gasteiger partial charge in [-0.2, -0.15) is 0 Å². The molecule has 2 N–H and O–H groups in total. The van der Waals surface area contributed by atoms with Crippen LogP contribution in [0.15, 0.2) is 22.8 Å². The van der Waals surface area contributed by atoms with Gasteiger partial charge in [0.25, 0.3) is 0 Å². The maximum atomic E-state index is 11.8. The Balaban J connectivity index is 1.75. The van der Waals surface area contributed by atoms with Crippen molar-refractivity contribution in [3.05, 3.63) is 24.2 Å². The number of carbonyl (C=O) groups is 1. The lowest BCUT2D eigenvalue weighted by molar-refractivity contribution is -0.123. The van der Waals surface area contributed by atoms with E-state index in [1.54, 1.807) is 12.3 Å². The summed E-state index contributed by atoms with van der Waals surface area (Å²) < 4.78 is 5.16. The van der Waals surface area contributed by atoms with Crippen LogP contribution in [0.25, 0.3) is 0 Å². The molecule has 1 amide bonds. The standard InChI is InChI=1S/C14H22N2O3/c1-14(11-17)5-3-6-16(10-14)9-13(18)15-8-12-4-2-7-19-12/h2,4,7,17H,3,5-6,8-11H2,1H3,(H,15,18). The second-order valence-corrected chi connectivity index (χ2v) is 5.64. The van der Waals surface area contributed by atoms with E-state index in [1.165, 1.54) is 0 Å². The zero-order valence-corrected chi connectivity index (χ0v) is 11.4. The molecule has 5 heteroatoms. The Morgan fingerprint density at radius 1 is 1.63 bits per heavy atom. The third kappa shape index (κ3) is 4.08. The first-order chi connectivity index (χ1) is 9.11. The molecule has 1 aromatic rings. The van der Waals surface area contributed by atoms with Crippen LogP contribution in [0.3, 0.4) is 0 Å². The number of nitrogens with one attached hydrogen (secondary N) is 1. The molecule has 0 spiro atoms. The number of hydrogen-bond acceptors (Lipinski definition) is 4. The summed E-state index contributed by atoms with van der Waals surface area (Å²) in [6, 6.07) is 3.64. The Kier molecular flexibility index (Phi) is 4.61. The lowest BCUT2D eigenvalue weighted by Crippen LogP contribution is -2.47. The van der Waals surface area contributed by atoms with Crippen molar-refractivity contribution in [1.29, 1.82) is 0 Å². The Morgan fingerprint density at radius 2 is 2.47 bits per heavy atom. The largest absolute Gasteiger partial charge is 0.467 e. The van der Waals surface area contributed by atoms with E-state index < -0.39 is 0 Å². The molecule has 0 radical (unpaired) electrons. The fourth-order valence-corrected chi connectivity index (χ4v) is 2.55. The maximum absolute atomic E-state index is 11.8. The van der Waals surface area contributed by atoms with Gasteiger partial charge in [-0.3, -0.25) is 9.69 Å². The molecule has 2 rings (SSSR count). The molecule has 106 valence electrons. The van der Waals surface area contributed by atoms with E-state index in [9.17, 15) is 9.90 Å². The molecular formula is C14H22N2O3. The van der Waals surface area contributed by atoms with E-state index in [1.807, 2.05) is 6.07 Å². The minimum absolute atomic E-state index is 0.00131. The summed E-state index contributed by atoms with van der Waals surface area (Å²) in [4.78, 5) is 14.0. The number of aliphatic hydroxyl groups is 1. The Labute approximate surface area is 113 Å². The minimum atomic E-state index is -0.0699. The molecule has 1 aliphatic rings. The molecule has 5 nitrogen and oxygen atoms in total. The monoisotopic (exact) mass is 266 g/mol. The fourth-order valence-electron chi connectivity index (χ4n) is 2.55. The number of aliphatic hydroxyl groups excluding tert-OH is 1. The Hall–Kier alpha value is -1.33. The molecule has 0 bridgehead atoms. The summed E-state index contributed by atoms with van der Waals surface area (Å²) >= 11 is 0. The van der Waals surface area contributed by atoms with Crippen molar-refractivity contribution in [2.45, 2.75) is 26.3 Å². The second kappa shape index (κ2) is 6.21. The lowest BCUT2D eigenvalue weighted by atomic mass is 9.83. The van der Waals surface area contributed by atoms with E-state index in [0.717, 1.165) is 31.7 Å². The summed E-state index contributed by atoms with van der Waals surface area (Å²) in [6.07, 6.45) is 3.65. The van der Waals surface area contributed by atoms with Crippen LogP contribution in [0.5, 0.6) is 0 Å². The fraction of sp³-hybridized carbons (Fsp3) is 0.643. The van der Waals surface area contributed by atoms with Crippen molar-refractivity contribution in [3.63, 3.8) is 0 Å². The minimum Gasteiger partial charge on any atom is -0.467 e. The number of piperidine rings is 1. The van der Waals surface area contributed by atoms with Crippen molar-refractivity contribution in [1.82, 2.24) is 10.2 Å². The van der Waals surface area contributed by atoms with Gasteiger partial charge in [-0.25, -0.2) is 0 Å². The number of carbonyl (C=O) groups excluding carboxylic acids is 1. The average Bonchev–Trinajstić information content (AvgIpc) is 2.90. The van der Waals surface area contributed by atoms with E-state index in [-0.39, 0.29) is 17.9 Å². The van der Waals surface area contributed by atoms with Crippen molar-refractivity contribution in [2.75, 3.05) is 26.2 Å². The average molecular weight is 266 g/mol. The van der Waals surface area contributed by atoms with E-state index in [2.05, 4.69) is 17.1 Å². The van der Waals surface area contributed by atoms with Gasteiger partial charge in [0, 0.05) is 18.6 Å². The van der Waals surface area contributed by atoms with Crippen LogP contribution in [0.1, 0.15) is 25.5 Å². The zero-order valence-electron chi connectivity index (χ0n) is 11.4. The van der Waals surface area contributed by atoms with E-state index in [0.29, 0.717) is 13.1 Å². The number of nitrogens with zero attached hydrogens (tertiary/aromatic N) is 1. The Bertz CT molecular complexity index is 405. The summed E-state index contributed by atoms with van der Waals surface area (Å²) in [5.41, 5.74) is -0.0699. The highest BCUT2D eigenvalue weighted by molar-refractivity contribution is 5.77. The molecular weight excluding hydrogens is 244 g/mol. The van der Waals surface area contributed by atoms with Gasteiger partial charge in [0.1, 0.15) is 5.76 Å². The highest BCUT2D eigenvalue weighted by Gasteiger charge is 2.30. The third-order valence-corrected chi connectivity index (χ3v) is 3.65. The molecule has 19 heavy (non-hydrogen) atoms. The number of furan rings is 1. The van der Waals surface area contributed by atoms with Crippen LogP contribution < -0.4 is 5.32 Å². The molecule has 1 saturated heterocycles. The van der Waals surface area contributed by atoms with Crippen LogP contribution in [0.4, 0.5) is 0 Å². The normalized spacial score (nSPS) is 24.3. The van der Waals surface area contributed by atoms with Gasteiger partial charge in [-0.15, -0.1) is 0 Å². The van der Waals surface area contributed by atoms with Crippen LogP contribution in [0.2, 0.25) is 0 Å². The first-order valence-corrected chi connectivity index (χ1v) is 6.74. The van der Waals surface area contributed by atoms with Crippen molar-refractivity contribution >= 4 is 5.91 Å². The van der Waals surface area contributed by atoms with Crippen molar-refractivity contribution in [3.8, 4) is 0 Å². The number of likely N-dealkylation sites (tertiary alicyclic amines) is 1. The van der Waals surface area contributed by atoms with Gasteiger partial charge in [-0.1, -0.05) is 6.92 Å². The van der Waals surface area contributed by atoms with Crippen molar-refractivity contribution in [2.24, 2.45) is 5.41 Å². The first kappa shape index (κ1) is 14.1. The third-order valence-electron chi connectivity index (χ3n) is 3.65. The van der Waals surface area contributed by atoms with Gasteiger partial charge >= 0.3 is 0 Å². The predicted octanol–water partition coefficient (Wildman–Crippen LogP) is 0.990. The molecule has 0 saturated carbocycles. The molecule has 0 aromatic carbocycles. The van der Waals surface area contributed by atoms with Gasteiger partial charge in [0.15, 0.2) is 0 Å². The topological polar surface area (TPSA) is 65.7 Å². The van der Waals surface area contributed by atoms with Crippen molar-refractivity contribution < 1.29 is 14.3 Å². The smallest absolute Gasteiger partial charge is 0.234 e. The van der Waals surface area contributed by atoms with Crippen LogP contribution in [-0.2, 0) is 11.3 Å². The molecule has 0 aliphatic carbocycles. The summed E-state index contributed by atoms with van der Waals surface area (Å²) in [5.74, 6) is 0.755. The van der Waals surface area contributed by atoms with E-state index in [4.69, 9.17) is 4.42 Å². The maximum Gasteiger partial charge on any atom is 0.234 e. The SMILES string of the molecule is CC1(CO)CCCN(CC(=O)NCc2ccco2)C1. The van der Waals surface area contributed by atoms with Gasteiger partial charge in [-0.05, 0) is 31.5 Å². The number of rotatable bonds is 5. The highest BCUT2D eigenvalue weighted by atomic mass is 16.3. The summed E-state index contributed by atoms with van der Waals surface area (Å²) in [6.45, 7) is 4.76. The lowest BCUT2D eigenvalue weighted by Gasteiger charge is -2.38. The number of hydrogen-bond donors (Lipinski definition) is 2. The summed E-state index contributed by atoms with van der Waals surface area (Å²) in [5, 5.41) is 12.2. The second-order valence-electron chi connectivity index (χ2n) is 5.64. The van der Waals surface area contributed by atoms with E-state index >= 15 is 0 Å². The molecule has 1 aliphatic heterocycles. The van der Waals surface area contributed by atoms with Crippen LogP contribution in [-0.4, -0.2) is 42.2 Å². The zero-order chi connectivity index (χ0) is 13.7. The van der Waals surface area contributed by atoms with Gasteiger partial charge in [0.05, 0.1) is 19.4 Å². The van der Waals surface area contributed by atoms with Crippen LogP contribution in [0, 0.1) is 5.41 Å². The quantitative estimate of drug-likeness (QED) is 0.834. The summed E-state index contributed by atoms with van der Waals surface area (Å²) in [7, 11) is 0. The predicted molar refractivity (Wildman–Crippen MR) is 71.4 cm³/mol. The first-order valence-electron chi connectivity index (χ1n) is 6.74. The molecule has 2 heterocycles. The molecule has 1 unspecified atom stereocenters. The van der Waals surface area contributed by atoms with Gasteiger partial charge in [0.2, 0.25) is 5.91 Å². The molecule has 1 aromatic heterocycles.